The zero-order chi connectivity index (χ0) is 15.2. The largest absolute Gasteiger partial charge is 0.469 e. The van der Waals surface area contributed by atoms with Crippen molar-refractivity contribution in [2.45, 2.75) is 31.3 Å². The predicted molar refractivity (Wildman–Crippen MR) is 81.9 cm³/mol. The SMILES string of the molecule is COC(=O)CC(C)SCc1nnc(-c2cccc(C)c2)o1. The molecule has 0 saturated carbocycles. The highest BCUT2D eigenvalue weighted by Crippen LogP contribution is 2.23. The Labute approximate surface area is 128 Å². The van der Waals surface area contributed by atoms with E-state index >= 15 is 0 Å². The highest BCUT2D eigenvalue weighted by atomic mass is 32.2. The molecule has 0 saturated heterocycles. The zero-order valence-corrected chi connectivity index (χ0v) is 13.1. The van der Waals surface area contributed by atoms with E-state index in [2.05, 4.69) is 14.9 Å². The number of aromatic nitrogens is 2. The molecule has 0 aliphatic heterocycles. The average molecular weight is 306 g/mol. The summed E-state index contributed by atoms with van der Waals surface area (Å²) in [5, 5.41) is 8.25. The predicted octanol–water partition coefficient (Wildman–Crippen LogP) is 3.23. The van der Waals surface area contributed by atoms with E-state index in [4.69, 9.17) is 4.42 Å². The standard InChI is InChI=1S/C15H18N2O3S/c1-10-5-4-6-12(7-10)15-17-16-13(20-15)9-21-11(2)8-14(18)19-3/h4-7,11H,8-9H2,1-3H3. The van der Waals surface area contributed by atoms with Crippen LogP contribution in [0, 0.1) is 6.92 Å². The van der Waals surface area contributed by atoms with E-state index in [1.54, 1.807) is 11.8 Å². The normalized spacial score (nSPS) is 12.1. The molecule has 1 heterocycles. The molecule has 1 unspecified atom stereocenters. The van der Waals surface area contributed by atoms with E-state index < -0.39 is 0 Å². The van der Waals surface area contributed by atoms with Gasteiger partial charge in [0.1, 0.15) is 0 Å². The monoisotopic (exact) mass is 306 g/mol. The Bertz CT molecular complexity index is 612. The molecular formula is C15H18N2O3S. The molecule has 0 radical (unpaired) electrons. The van der Waals surface area contributed by atoms with Crippen LogP contribution >= 0.6 is 11.8 Å². The average Bonchev–Trinajstić information content (AvgIpc) is 2.94. The summed E-state index contributed by atoms with van der Waals surface area (Å²) in [5.41, 5.74) is 2.06. The molecule has 1 aromatic carbocycles. The number of nitrogens with zero attached hydrogens (tertiary/aromatic N) is 2. The first kappa shape index (κ1) is 15.6. The third-order valence-corrected chi connectivity index (χ3v) is 4.05. The van der Waals surface area contributed by atoms with Crippen molar-refractivity contribution in [2.75, 3.05) is 7.11 Å². The maximum Gasteiger partial charge on any atom is 0.306 e. The van der Waals surface area contributed by atoms with Gasteiger partial charge < -0.3 is 9.15 Å². The van der Waals surface area contributed by atoms with Crippen molar-refractivity contribution < 1.29 is 13.9 Å². The molecule has 0 N–H and O–H groups in total. The van der Waals surface area contributed by atoms with Crippen LogP contribution in [0.1, 0.15) is 24.8 Å². The van der Waals surface area contributed by atoms with Crippen molar-refractivity contribution in [1.82, 2.24) is 10.2 Å². The molecule has 6 heteroatoms. The Morgan fingerprint density at radius 1 is 1.43 bits per heavy atom. The Balaban J connectivity index is 1.93. The second-order valence-electron chi connectivity index (χ2n) is 4.77. The number of benzene rings is 1. The lowest BCUT2D eigenvalue weighted by molar-refractivity contribution is -0.140. The number of hydrogen-bond acceptors (Lipinski definition) is 6. The first-order chi connectivity index (χ1) is 10.1. The fourth-order valence-corrected chi connectivity index (χ4v) is 2.59. The van der Waals surface area contributed by atoms with E-state index in [1.165, 1.54) is 7.11 Å². The number of thioether (sulfide) groups is 1. The number of rotatable bonds is 6. The van der Waals surface area contributed by atoms with Crippen LogP contribution < -0.4 is 0 Å². The van der Waals surface area contributed by atoms with Crippen molar-refractivity contribution in [1.29, 1.82) is 0 Å². The summed E-state index contributed by atoms with van der Waals surface area (Å²) in [7, 11) is 1.39. The van der Waals surface area contributed by atoms with Gasteiger partial charge in [0.2, 0.25) is 11.8 Å². The lowest BCUT2D eigenvalue weighted by Gasteiger charge is -2.07. The molecule has 21 heavy (non-hydrogen) atoms. The summed E-state index contributed by atoms with van der Waals surface area (Å²) < 4.78 is 10.3. The van der Waals surface area contributed by atoms with Gasteiger partial charge in [-0.05, 0) is 19.1 Å². The van der Waals surface area contributed by atoms with Crippen LogP contribution in [0.4, 0.5) is 0 Å². The molecule has 0 spiro atoms. The third kappa shape index (κ3) is 4.60. The van der Waals surface area contributed by atoms with Gasteiger partial charge in [0.15, 0.2) is 0 Å². The van der Waals surface area contributed by atoms with Gasteiger partial charge in [0.05, 0.1) is 19.3 Å². The number of hydrogen-bond donors (Lipinski definition) is 0. The Morgan fingerprint density at radius 3 is 2.95 bits per heavy atom. The molecule has 0 aliphatic carbocycles. The van der Waals surface area contributed by atoms with Crippen molar-refractivity contribution >= 4 is 17.7 Å². The second-order valence-corrected chi connectivity index (χ2v) is 6.20. The summed E-state index contributed by atoms with van der Waals surface area (Å²) in [4.78, 5) is 11.2. The van der Waals surface area contributed by atoms with Crippen molar-refractivity contribution in [2.24, 2.45) is 0 Å². The van der Waals surface area contributed by atoms with Gasteiger partial charge >= 0.3 is 5.97 Å². The van der Waals surface area contributed by atoms with E-state index in [-0.39, 0.29) is 11.2 Å². The Hall–Kier alpha value is -1.82. The van der Waals surface area contributed by atoms with Crippen LogP contribution in [0.15, 0.2) is 28.7 Å². The zero-order valence-electron chi connectivity index (χ0n) is 12.3. The van der Waals surface area contributed by atoms with Gasteiger partial charge in [-0.1, -0.05) is 24.6 Å². The van der Waals surface area contributed by atoms with Crippen LogP contribution in [0.2, 0.25) is 0 Å². The summed E-state index contributed by atoms with van der Waals surface area (Å²) in [6.07, 6.45) is 0.375. The van der Waals surface area contributed by atoms with E-state index in [9.17, 15) is 4.79 Å². The van der Waals surface area contributed by atoms with Crippen molar-refractivity contribution in [3.63, 3.8) is 0 Å². The van der Waals surface area contributed by atoms with Crippen molar-refractivity contribution in [3.8, 4) is 11.5 Å². The molecule has 112 valence electrons. The Morgan fingerprint density at radius 2 is 2.24 bits per heavy atom. The van der Waals surface area contributed by atoms with E-state index in [0.717, 1.165) is 11.1 Å². The number of carbonyl (C=O) groups is 1. The number of aryl methyl sites for hydroxylation is 1. The minimum atomic E-state index is -0.207. The molecule has 2 rings (SSSR count). The van der Waals surface area contributed by atoms with Crippen LogP contribution in [-0.4, -0.2) is 28.5 Å². The molecule has 1 aromatic heterocycles. The molecule has 0 amide bonds. The molecule has 0 fully saturated rings. The fourth-order valence-electron chi connectivity index (χ4n) is 1.80. The van der Waals surface area contributed by atoms with Gasteiger partial charge in [-0.25, -0.2) is 0 Å². The lowest BCUT2D eigenvalue weighted by atomic mass is 10.1. The number of ether oxygens (including phenoxy) is 1. The van der Waals surface area contributed by atoms with Gasteiger partial charge in [0.25, 0.3) is 0 Å². The van der Waals surface area contributed by atoms with Crippen LogP contribution in [0.5, 0.6) is 0 Å². The van der Waals surface area contributed by atoms with Gasteiger partial charge in [0, 0.05) is 10.8 Å². The minimum Gasteiger partial charge on any atom is -0.469 e. The first-order valence-electron chi connectivity index (χ1n) is 6.66. The van der Waals surface area contributed by atoms with Gasteiger partial charge in [-0.15, -0.1) is 22.0 Å². The molecule has 0 aliphatic rings. The molecule has 5 nitrogen and oxygen atoms in total. The number of carbonyl (C=O) groups excluding carboxylic acids is 1. The maximum absolute atomic E-state index is 11.2. The Kier molecular flexibility index (Phi) is 5.38. The van der Waals surface area contributed by atoms with Crippen LogP contribution in [0.3, 0.4) is 0 Å². The van der Waals surface area contributed by atoms with Gasteiger partial charge in [-0.2, -0.15) is 0 Å². The highest BCUT2D eigenvalue weighted by molar-refractivity contribution is 7.99. The lowest BCUT2D eigenvalue weighted by Crippen LogP contribution is -2.08. The molecule has 2 aromatic rings. The molecular weight excluding hydrogens is 288 g/mol. The summed E-state index contributed by atoms with van der Waals surface area (Å²) in [6, 6.07) is 7.93. The minimum absolute atomic E-state index is 0.145. The fraction of sp³-hybridized carbons (Fsp3) is 0.400. The van der Waals surface area contributed by atoms with Crippen LogP contribution in [0.25, 0.3) is 11.5 Å². The maximum atomic E-state index is 11.2. The smallest absolute Gasteiger partial charge is 0.306 e. The third-order valence-electron chi connectivity index (χ3n) is 2.90. The van der Waals surface area contributed by atoms with Gasteiger partial charge in [-0.3, -0.25) is 4.79 Å². The second kappa shape index (κ2) is 7.26. The highest BCUT2D eigenvalue weighted by Gasteiger charge is 2.13. The molecule has 0 bridgehead atoms. The van der Waals surface area contributed by atoms with Crippen LogP contribution in [-0.2, 0) is 15.3 Å². The van der Waals surface area contributed by atoms with E-state index in [1.807, 2.05) is 38.1 Å². The summed E-state index contributed by atoms with van der Waals surface area (Å²) in [6.45, 7) is 3.99. The first-order valence-corrected chi connectivity index (χ1v) is 7.71. The quantitative estimate of drug-likeness (QED) is 0.763. The van der Waals surface area contributed by atoms with Crippen molar-refractivity contribution in [3.05, 3.63) is 35.7 Å². The van der Waals surface area contributed by atoms with E-state index in [0.29, 0.717) is 24.0 Å². The summed E-state index contributed by atoms with van der Waals surface area (Å²) >= 11 is 1.59. The number of methoxy groups -OCH3 is 1. The number of esters is 1. The molecule has 1 atom stereocenters. The topological polar surface area (TPSA) is 65.2 Å². The summed E-state index contributed by atoms with van der Waals surface area (Å²) in [5.74, 6) is 1.46.